The number of nitrogens with zero attached hydrogens (tertiary/aromatic N) is 1. The van der Waals surface area contributed by atoms with Gasteiger partial charge in [0.25, 0.3) is 5.91 Å². The van der Waals surface area contributed by atoms with Gasteiger partial charge in [0.05, 0.1) is 10.9 Å². The minimum atomic E-state index is -0.354. The number of esters is 1. The third-order valence-electron chi connectivity index (χ3n) is 4.33. The number of halogens is 3. The number of benzene rings is 2. The molecule has 1 fully saturated rings. The zero-order valence-corrected chi connectivity index (χ0v) is 16.0. The lowest BCUT2D eigenvalue weighted by molar-refractivity contribution is -0.140. The molecule has 7 heteroatoms. The van der Waals surface area contributed by atoms with Gasteiger partial charge in [0.15, 0.2) is 5.75 Å². The van der Waals surface area contributed by atoms with Crippen molar-refractivity contribution < 1.29 is 14.3 Å². The lowest BCUT2D eigenvalue weighted by Gasteiger charge is -2.31. The monoisotopic (exact) mass is 411 g/mol. The number of rotatable bonds is 3. The van der Waals surface area contributed by atoms with Crippen LogP contribution in [0.5, 0.6) is 5.75 Å². The highest BCUT2D eigenvalue weighted by atomic mass is 35.5. The molecule has 1 aliphatic heterocycles. The van der Waals surface area contributed by atoms with Crippen LogP contribution < -0.4 is 4.74 Å². The molecule has 1 aliphatic rings. The molecule has 0 N–H and O–H groups in total. The van der Waals surface area contributed by atoms with Gasteiger partial charge in [-0.1, -0.05) is 40.9 Å². The van der Waals surface area contributed by atoms with Crippen LogP contribution in [-0.2, 0) is 4.79 Å². The van der Waals surface area contributed by atoms with E-state index in [2.05, 4.69) is 0 Å². The molecule has 4 nitrogen and oxygen atoms in total. The fourth-order valence-corrected chi connectivity index (χ4v) is 3.30. The molecule has 3 rings (SSSR count). The molecule has 1 amide bonds. The molecule has 0 atom stereocenters. The first-order chi connectivity index (χ1) is 12.5. The van der Waals surface area contributed by atoms with Gasteiger partial charge in [0.1, 0.15) is 5.02 Å². The van der Waals surface area contributed by atoms with E-state index in [9.17, 15) is 9.59 Å². The van der Waals surface area contributed by atoms with Crippen molar-refractivity contribution in [3.63, 3.8) is 0 Å². The Balaban J connectivity index is 1.57. The second kappa shape index (κ2) is 8.30. The predicted molar refractivity (Wildman–Crippen MR) is 102 cm³/mol. The van der Waals surface area contributed by atoms with E-state index in [1.54, 1.807) is 47.4 Å². The molecule has 2 aromatic rings. The molecule has 2 aromatic carbocycles. The molecule has 0 spiro atoms. The Kier molecular flexibility index (Phi) is 6.07. The third kappa shape index (κ3) is 4.32. The predicted octanol–water partition coefficient (Wildman–Crippen LogP) is 5.10. The SMILES string of the molecule is O=C(Oc1cccc(Cl)c1Cl)C1CCN(C(=O)c2ccc(Cl)cc2)CC1. The highest BCUT2D eigenvalue weighted by Crippen LogP contribution is 2.32. The molecule has 0 unspecified atom stereocenters. The Morgan fingerprint density at radius 1 is 0.962 bits per heavy atom. The molecular formula is C19H16Cl3NO3. The summed E-state index contributed by atoms with van der Waals surface area (Å²) in [6, 6.07) is 11.7. The van der Waals surface area contributed by atoms with Crippen molar-refractivity contribution in [3.8, 4) is 5.75 Å². The maximum atomic E-state index is 12.5. The third-order valence-corrected chi connectivity index (χ3v) is 5.39. The molecule has 0 aliphatic carbocycles. The molecule has 0 radical (unpaired) electrons. The smallest absolute Gasteiger partial charge is 0.314 e. The molecule has 26 heavy (non-hydrogen) atoms. The highest BCUT2D eigenvalue weighted by Gasteiger charge is 2.29. The number of carbonyl (C=O) groups excluding carboxylic acids is 2. The van der Waals surface area contributed by atoms with Crippen LogP contribution in [0.15, 0.2) is 42.5 Å². The summed E-state index contributed by atoms with van der Waals surface area (Å²) in [5, 5.41) is 1.14. The number of piperidine rings is 1. The number of hydrogen-bond acceptors (Lipinski definition) is 3. The summed E-state index contributed by atoms with van der Waals surface area (Å²) in [6.07, 6.45) is 1.08. The minimum Gasteiger partial charge on any atom is -0.425 e. The van der Waals surface area contributed by atoms with E-state index in [1.165, 1.54) is 0 Å². The standard InChI is InChI=1S/C19H16Cl3NO3/c20-14-6-4-12(5-7-14)18(24)23-10-8-13(9-11-23)19(25)26-16-3-1-2-15(21)17(16)22/h1-7,13H,8-11H2. The van der Waals surface area contributed by atoms with Crippen molar-refractivity contribution in [2.75, 3.05) is 13.1 Å². The Morgan fingerprint density at radius 2 is 1.62 bits per heavy atom. The first kappa shape index (κ1) is 19.0. The minimum absolute atomic E-state index is 0.0635. The number of hydrogen-bond donors (Lipinski definition) is 0. The lowest BCUT2D eigenvalue weighted by atomic mass is 9.96. The summed E-state index contributed by atoms with van der Waals surface area (Å²) in [5.41, 5.74) is 0.584. The zero-order chi connectivity index (χ0) is 18.7. The number of amides is 1. The zero-order valence-electron chi connectivity index (χ0n) is 13.8. The average molecular weight is 413 g/mol. The van der Waals surface area contributed by atoms with Crippen LogP contribution in [0.4, 0.5) is 0 Å². The Hall–Kier alpha value is -1.75. The van der Waals surface area contributed by atoms with Crippen LogP contribution in [0.1, 0.15) is 23.2 Å². The average Bonchev–Trinajstić information content (AvgIpc) is 2.65. The van der Waals surface area contributed by atoms with Crippen LogP contribution in [0.2, 0.25) is 15.1 Å². The fraction of sp³-hybridized carbons (Fsp3) is 0.263. The van der Waals surface area contributed by atoms with Crippen molar-refractivity contribution in [3.05, 3.63) is 63.1 Å². The van der Waals surface area contributed by atoms with E-state index in [4.69, 9.17) is 39.5 Å². The Labute approximate surface area is 166 Å². The summed E-state index contributed by atoms with van der Waals surface area (Å²) in [6.45, 7) is 0.981. The molecule has 1 heterocycles. The van der Waals surface area contributed by atoms with E-state index < -0.39 is 0 Å². The van der Waals surface area contributed by atoms with Crippen molar-refractivity contribution in [1.29, 1.82) is 0 Å². The number of likely N-dealkylation sites (tertiary alicyclic amines) is 1. The van der Waals surface area contributed by atoms with Crippen molar-refractivity contribution in [2.24, 2.45) is 5.92 Å². The topological polar surface area (TPSA) is 46.6 Å². The summed E-state index contributed by atoms with van der Waals surface area (Å²) in [4.78, 5) is 26.6. The number of carbonyl (C=O) groups is 2. The van der Waals surface area contributed by atoms with Crippen LogP contribution in [-0.4, -0.2) is 29.9 Å². The summed E-state index contributed by atoms with van der Waals surface area (Å²) >= 11 is 17.8. The van der Waals surface area contributed by atoms with Gasteiger partial charge >= 0.3 is 5.97 Å². The maximum Gasteiger partial charge on any atom is 0.314 e. The second-order valence-corrected chi connectivity index (χ2v) is 7.27. The van der Waals surface area contributed by atoms with Gasteiger partial charge in [0, 0.05) is 23.7 Å². The first-order valence-corrected chi connectivity index (χ1v) is 9.29. The van der Waals surface area contributed by atoms with Gasteiger partial charge in [-0.3, -0.25) is 9.59 Å². The van der Waals surface area contributed by atoms with E-state index >= 15 is 0 Å². The molecule has 0 bridgehead atoms. The lowest BCUT2D eigenvalue weighted by Crippen LogP contribution is -2.41. The van der Waals surface area contributed by atoms with Crippen molar-refractivity contribution in [1.82, 2.24) is 4.90 Å². The summed E-state index contributed by atoms with van der Waals surface area (Å²) in [5.74, 6) is -0.442. The van der Waals surface area contributed by atoms with Crippen LogP contribution in [0, 0.1) is 5.92 Å². The maximum absolute atomic E-state index is 12.5. The molecule has 0 aromatic heterocycles. The molecular weight excluding hydrogens is 397 g/mol. The molecule has 136 valence electrons. The van der Waals surface area contributed by atoms with E-state index in [0.29, 0.717) is 41.5 Å². The van der Waals surface area contributed by atoms with E-state index in [1.807, 2.05) is 0 Å². The number of ether oxygens (including phenoxy) is 1. The van der Waals surface area contributed by atoms with Gasteiger partial charge in [0.2, 0.25) is 0 Å². The second-order valence-electron chi connectivity index (χ2n) is 6.05. The van der Waals surface area contributed by atoms with E-state index in [-0.39, 0.29) is 28.6 Å². The normalized spacial score (nSPS) is 15.0. The van der Waals surface area contributed by atoms with Gasteiger partial charge in [-0.2, -0.15) is 0 Å². The highest BCUT2D eigenvalue weighted by molar-refractivity contribution is 6.43. The van der Waals surface area contributed by atoms with Gasteiger partial charge in [-0.15, -0.1) is 0 Å². The molecule has 0 saturated carbocycles. The van der Waals surface area contributed by atoms with Gasteiger partial charge < -0.3 is 9.64 Å². The largest absolute Gasteiger partial charge is 0.425 e. The quantitative estimate of drug-likeness (QED) is 0.520. The Morgan fingerprint density at radius 3 is 2.27 bits per heavy atom. The van der Waals surface area contributed by atoms with Crippen LogP contribution in [0.25, 0.3) is 0 Å². The molecule has 1 saturated heterocycles. The van der Waals surface area contributed by atoms with E-state index in [0.717, 1.165) is 0 Å². The Bertz CT molecular complexity index is 815. The van der Waals surface area contributed by atoms with Crippen LogP contribution >= 0.6 is 34.8 Å². The van der Waals surface area contributed by atoms with Gasteiger partial charge in [-0.05, 0) is 49.2 Å². The van der Waals surface area contributed by atoms with Crippen molar-refractivity contribution in [2.45, 2.75) is 12.8 Å². The summed E-state index contributed by atoms with van der Waals surface area (Å²) in [7, 11) is 0. The summed E-state index contributed by atoms with van der Waals surface area (Å²) < 4.78 is 5.39. The fourth-order valence-electron chi connectivity index (χ4n) is 2.85. The first-order valence-electron chi connectivity index (χ1n) is 8.16. The van der Waals surface area contributed by atoms with Crippen molar-refractivity contribution >= 4 is 46.7 Å². The van der Waals surface area contributed by atoms with Gasteiger partial charge in [-0.25, -0.2) is 0 Å². The van der Waals surface area contributed by atoms with Crippen LogP contribution in [0.3, 0.4) is 0 Å².